The molecule has 6 heteroatoms. The first-order valence-corrected chi connectivity index (χ1v) is 10.9. The van der Waals surface area contributed by atoms with Gasteiger partial charge in [-0.1, -0.05) is 48.9 Å². The van der Waals surface area contributed by atoms with Gasteiger partial charge in [0.2, 0.25) is 15.9 Å². The van der Waals surface area contributed by atoms with Crippen LogP contribution in [-0.2, 0) is 21.2 Å². The lowest BCUT2D eigenvalue weighted by Gasteiger charge is -2.25. The third-order valence-corrected chi connectivity index (χ3v) is 5.70. The molecule has 146 valence electrons. The summed E-state index contributed by atoms with van der Waals surface area (Å²) in [6.07, 6.45) is 2.08. The van der Waals surface area contributed by atoms with Crippen LogP contribution < -0.4 is 9.62 Å². The summed E-state index contributed by atoms with van der Waals surface area (Å²) in [7, 11) is -3.59. The minimum Gasteiger partial charge on any atom is -0.348 e. The molecule has 0 heterocycles. The molecule has 0 unspecified atom stereocenters. The Labute approximate surface area is 162 Å². The van der Waals surface area contributed by atoms with E-state index in [2.05, 4.69) is 12.2 Å². The Morgan fingerprint density at radius 2 is 1.74 bits per heavy atom. The zero-order chi connectivity index (χ0) is 20.2. The highest BCUT2D eigenvalue weighted by Crippen LogP contribution is 2.23. The zero-order valence-corrected chi connectivity index (χ0v) is 17.4. The van der Waals surface area contributed by atoms with Gasteiger partial charge >= 0.3 is 0 Å². The number of nitrogens with one attached hydrogen (secondary N) is 1. The summed E-state index contributed by atoms with van der Waals surface area (Å²) >= 11 is 0. The maximum absolute atomic E-state index is 12.5. The second-order valence-corrected chi connectivity index (χ2v) is 8.85. The van der Waals surface area contributed by atoms with Crippen molar-refractivity contribution in [2.75, 3.05) is 17.1 Å². The Kier molecular flexibility index (Phi) is 6.65. The molecule has 2 aromatic carbocycles. The fraction of sp³-hybridized carbons (Fsp3) is 0.381. The fourth-order valence-electron chi connectivity index (χ4n) is 3.01. The van der Waals surface area contributed by atoms with Crippen molar-refractivity contribution in [2.45, 2.75) is 40.2 Å². The van der Waals surface area contributed by atoms with Gasteiger partial charge in [-0.05, 0) is 49.9 Å². The summed E-state index contributed by atoms with van der Waals surface area (Å²) in [5, 5.41) is 2.89. The Hall–Kier alpha value is -2.34. The largest absolute Gasteiger partial charge is 0.348 e. The maximum atomic E-state index is 12.5. The van der Waals surface area contributed by atoms with Crippen molar-refractivity contribution in [3.8, 4) is 0 Å². The molecule has 0 saturated carbocycles. The van der Waals surface area contributed by atoms with E-state index >= 15 is 0 Å². The Bertz CT molecular complexity index is 906. The first-order chi connectivity index (χ1) is 12.6. The number of anilines is 1. The third-order valence-electron chi connectivity index (χ3n) is 4.57. The van der Waals surface area contributed by atoms with E-state index in [0.29, 0.717) is 5.69 Å². The van der Waals surface area contributed by atoms with E-state index in [4.69, 9.17) is 0 Å². The number of hydrogen-bond acceptors (Lipinski definition) is 3. The number of carbonyl (C=O) groups excluding carboxylic acids is 1. The minimum absolute atomic E-state index is 0.205. The number of amides is 1. The van der Waals surface area contributed by atoms with Crippen LogP contribution in [-0.4, -0.2) is 27.1 Å². The lowest BCUT2D eigenvalue weighted by molar-refractivity contribution is -0.120. The molecule has 1 amide bonds. The van der Waals surface area contributed by atoms with E-state index in [9.17, 15) is 13.2 Å². The van der Waals surface area contributed by atoms with Crippen LogP contribution >= 0.6 is 0 Å². The van der Waals surface area contributed by atoms with Gasteiger partial charge in [0.15, 0.2) is 0 Å². The molecule has 0 saturated heterocycles. The Morgan fingerprint density at radius 3 is 2.26 bits per heavy atom. The summed E-state index contributed by atoms with van der Waals surface area (Å²) in [4.78, 5) is 12.5. The number of aryl methyl sites for hydroxylation is 3. The van der Waals surface area contributed by atoms with Crippen LogP contribution in [0.15, 0.2) is 42.5 Å². The average molecular weight is 389 g/mol. The van der Waals surface area contributed by atoms with E-state index in [0.717, 1.165) is 33.7 Å². The van der Waals surface area contributed by atoms with Gasteiger partial charge in [-0.25, -0.2) is 8.42 Å². The van der Waals surface area contributed by atoms with Crippen LogP contribution in [0.3, 0.4) is 0 Å². The Morgan fingerprint density at radius 1 is 1.11 bits per heavy atom. The Balaban J connectivity index is 2.16. The number of benzene rings is 2. The molecule has 0 aliphatic rings. The molecular weight excluding hydrogens is 360 g/mol. The van der Waals surface area contributed by atoms with Crippen LogP contribution in [0, 0.1) is 13.8 Å². The molecule has 0 radical (unpaired) electrons. The fourth-order valence-corrected chi connectivity index (χ4v) is 3.92. The van der Waals surface area contributed by atoms with Gasteiger partial charge in [0.05, 0.1) is 18.0 Å². The highest BCUT2D eigenvalue weighted by molar-refractivity contribution is 7.92. The molecule has 5 nitrogen and oxygen atoms in total. The highest BCUT2D eigenvalue weighted by atomic mass is 32.2. The number of sulfonamides is 1. The summed E-state index contributed by atoms with van der Waals surface area (Å²) < 4.78 is 25.7. The molecule has 0 aliphatic carbocycles. The molecule has 0 bridgehead atoms. The van der Waals surface area contributed by atoms with Crippen LogP contribution in [0.2, 0.25) is 0 Å². The van der Waals surface area contributed by atoms with Crippen LogP contribution in [0.25, 0.3) is 0 Å². The summed E-state index contributed by atoms with van der Waals surface area (Å²) in [6, 6.07) is 13.3. The van der Waals surface area contributed by atoms with Crippen molar-refractivity contribution in [3.05, 3.63) is 64.7 Å². The first kappa shape index (κ1) is 21.0. The standard InChI is InChI=1S/C21H28N2O3S/c1-6-18-8-10-19(11-9-18)17(4)22-21(24)14-23(27(5,25)26)20-12-7-15(2)13-16(20)3/h7-13,17H,6,14H2,1-5H3,(H,22,24)/t17-/m1/s1. The molecule has 27 heavy (non-hydrogen) atoms. The lowest BCUT2D eigenvalue weighted by Crippen LogP contribution is -2.41. The van der Waals surface area contributed by atoms with Gasteiger partial charge in [-0.3, -0.25) is 9.10 Å². The predicted molar refractivity (Wildman–Crippen MR) is 110 cm³/mol. The van der Waals surface area contributed by atoms with Crippen molar-refractivity contribution in [3.63, 3.8) is 0 Å². The minimum atomic E-state index is -3.59. The zero-order valence-electron chi connectivity index (χ0n) is 16.6. The topological polar surface area (TPSA) is 66.5 Å². The van der Waals surface area contributed by atoms with Crippen LogP contribution in [0.1, 0.15) is 42.1 Å². The molecule has 0 spiro atoms. The van der Waals surface area contributed by atoms with Gasteiger partial charge in [0.25, 0.3) is 0 Å². The van der Waals surface area contributed by atoms with E-state index in [1.165, 1.54) is 5.56 Å². The van der Waals surface area contributed by atoms with Gasteiger partial charge in [0, 0.05) is 0 Å². The predicted octanol–water partition coefficient (Wildman–Crippen LogP) is 3.51. The highest BCUT2D eigenvalue weighted by Gasteiger charge is 2.23. The molecule has 0 fully saturated rings. The third kappa shape index (κ3) is 5.57. The van der Waals surface area contributed by atoms with E-state index in [1.807, 2.05) is 57.2 Å². The number of carbonyl (C=O) groups is 1. The van der Waals surface area contributed by atoms with Crippen molar-refractivity contribution < 1.29 is 13.2 Å². The summed E-state index contributed by atoms with van der Waals surface area (Å²) in [5.41, 5.74) is 4.60. The van der Waals surface area contributed by atoms with Gasteiger partial charge in [-0.2, -0.15) is 0 Å². The summed E-state index contributed by atoms with van der Waals surface area (Å²) in [6.45, 7) is 7.52. The monoisotopic (exact) mass is 388 g/mol. The van der Waals surface area contributed by atoms with Crippen molar-refractivity contribution in [1.29, 1.82) is 0 Å². The smallest absolute Gasteiger partial charge is 0.241 e. The molecule has 2 aromatic rings. The van der Waals surface area contributed by atoms with Gasteiger partial charge in [-0.15, -0.1) is 0 Å². The molecule has 1 N–H and O–H groups in total. The number of nitrogens with zero attached hydrogens (tertiary/aromatic N) is 1. The SMILES string of the molecule is CCc1ccc([C@@H](C)NC(=O)CN(c2ccc(C)cc2C)S(C)(=O)=O)cc1. The molecule has 0 aliphatic heterocycles. The molecule has 1 atom stereocenters. The van der Waals surface area contributed by atoms with Gasteiger partial charge in [0.1, 0.15) is 6.54 Å². The molecular formula is C21H28N2O3S. The van der Waals surface area contributed by atoms with Crippen LogP contribution in [0.4, 0.5) is 5.69 Å². The van der Waals surface area contributed by atoms with Crippen molar-refractivity contribution in [1.82, 2.24) is 5.32 Å². The van der Waals surface area contributed by atoms with E-state index in [-0.39, 0.29) is 18.5 Å². The van der Waals surface area contributed by atoms with E-state index in [1.54, 1.807) is 6.07 Å². The molecule has 0 aromatic heterocycles. The van der Waals surface area contributed by atoms with Crippen LogP contribution in [0.5, 0.6) is 0 Å². The summed E-state index contributed by atoms with van der Waals surface area (Å²) in [5.74, 6) is -0.340. The molecule has 2 rings (SSSR count). The average Bonchev–Trinajstić information content (AvgIpc) is 2.59. The van der Waals surface area contributed by atoms with Gasteiger partial charge < -0.3 is 5.32 Å². The quantitative estimate of drug-likeness (QED) is 0.789. The second kappa shape index (κ2) is 8.57. The second-order valence-electron chi connectivity index (χ2n) is 6.94. The first-order valence-electron chi connectivity index (χ1n) is 9.05. The van der Waals surface area contributed by atoms with E-state index < -0.39 is 10.0 Å². The normalized spacial score (nSPS) is 12.5. The lowest BCUT2D eigenvalue weighted by atomic mass is 10.1. The van der Waals surface area contributed by atoms with Crippen molar-refractivity contribution >= 4 is 21.6 Å². The van der Waals surface area contributed by atoms with Crippen molar-refractivity contribution in [2.24, 2.45) is 0 Å². The number of hydrogen-bond donors (Lipinski definition) is 1. The number of rotatable bonds is 7. The maximum Gasteiger partial charge on any atom is 0.241 e.